The highest BCUT2D eigenvalue weighted by Gasteiger charge is 2.08. The SMILES string of the molecule is CC(C)=CCC(O)C(C)C=CO. The summed E-state index contributed by atoms with van der Waals surface area (Å²) in [4.78, 5) is 0. The molecular weight excluding hydrogens is 152 g/mol. The van der Waals surface area contributed by atoms with Gasteiger partial charge in [0.05, 0.1) is 12.4 Å². The van der Waals surface area contributed by atoms with Crippen LogP contribution in [-0.2, 0) is 0 Å². The molecule has 0 fully saturated rings. The Morgan fingerprint density at radius 3 is 2.42 bits per heavy atom. The van der Waals surface area contributed by atoms with Crippen molar-refractivity contribution in [3.8, 4) is 0 Å². The highest BCUT2D eigenvalue weighted by Crippen LogP contribution is 2.09. The normalized spacial score (nSPS) is 16.0. The molecule has 0 bridgehead atoms. The lowest BCUT2D eigenvalue weighted by Crippen LogP contribution is -2.14. The lowest BCUT2D eigenvalue weighted by atomic mass is 10.0. The topological polar surface area (TPSA) is 40.5 Å². The molecule has 0 aromatic rings. The molecule has 0 radical (unpaired) electrons. The molecule has 0 rings (SSSR count). The minimum Gasteiger partial charge on any atom is -0.516 e. The van der Waals surface area contributed by atoms with E-state index in [0.29, 0.717) is 6.42 Å². The Kier molecular flexibility index (Phi) is 5.47. The number of allylic oxidation sites excluding steroid dienone is 1. The number of hydrogen-bond acceptors (Lipinski definition) is 2. The van der Waals surface area contributed by atoms with Crippen LogP contribution in [0.4, 0.5) is 0 Å². The van der Waals surface area contributed by atoms with Crippen LogP contribution >= 0.6 is 0 Å². The molecule has 0 heterocycles. The van der Waals surface area contributed by atoms with E-state index >= 15 is 0 Å². The predicted octanol–water partition coefficient (Wildman–Crippen LogP) is 2.41. The maximum atomic E-state index is 9.49. The minimum absolute atomic E-state index is 0.00519. The average Bonchev–Trinajstić information content (AvgIpc) is 2.00. The Balaban J connectivity index is 3.86. The zero-order valence-corrected chi connectivity index (χ0v) is 7.99. The summed E-state index contributed by atoms with van der Waals surface area (Å²) in [5, 5.41) is 17.9. The first-order valence-corrected chi connectivity index (χ1v) is 4.20. The fourth-order valence-corrected chi connectivity index (χ4v) is 0.835. The van der Waals surface area contributed by atoms with Crippen molar-refractivity contribution in [2.24, 2.45) is 5.92 Å². The molecule has 0 aromatic carbocycles. The van der Waals surface area contributed by atoms with E-state index in [4.69, 9.17) is 5.11 Å². The summed E-state index contributed by atoms with van der Waals surface area (Å²) in [6, 6.07) is 0. The predicted molar refractivity (Wildman–Crippen MR) is 51.0 cm³/mol. The number of aliphatic hydroxyl groups excluding tert-OH is 2. The molecule has 2 unspecified atom stereocenters. The van der Waals surface area contributed by atoms with E-state index in [0.717, 1.165) is 6.26 Å². The number of hydrogen-bond donors (Lipinski definition) is 2. The first-order valence-electron chi connectivity index (χ1n) is 4.20. The molecule has 2 atom stereocenters. The van der Waals surface area contributed by atoms with Crippen LogP contribution in [0.1, 0.15) is 27.2 Å². The third kappa shape index (κ3) is 4.97. The Labute approximate surface area is 74.2 Å². The van der Waals surface area contributed by atoms with Crippen LogP contribution in [0.15, 0.2) is 24.0 Å². The summed E-state index contributed by atoms with van der Waals surface area (Å²) in [6.45, 7) is 5.87. The smallest absolute Gasteiger partial charge is 0.0755 e. The van der Waals surface area contributed by atoms with Gasteiger partial charge in [-0.1, -0.05) is 18.6 Å². The average molecular weight is 170 g/mol. The monoisotopic (exact) mass is 170 g/mol. The van der Waals surface area contributed by atoms with Gasteiger partial charge in [-0.05, 0) is 26.3 Å². The van der Waals surface area contributed by atoms with Crippen molar-refractivity contribution in [2.45, 2.75) is 33.3 Å². The molecule has 0 aliphatic rings. The van der Waals surface area contributed by atoms with Crippen molar-refractivity contribution in [1.29, 1.82) is 0 Å². The van der Waals surface area contributed by atoms with E-state index in [1.807, 2.05) is 26.8 Å². The lowest BCUT2D eigenvalue weighted by molar-refractivity contribution is 0.139. The van der Waals surface area contributed by atoms with Gasteiger partial charge < -0.3 is 10.2 Å². The molecule has 2 nitrogen and oxygen atoms in total. The molecule has 12 heavy (non-hydrogen) atoms. The minimum atomic E-state index is -0.400. The van der Waals surface area contributed by atoms with E-state index in [1.54, 1.807) is 6.08 Å². The van der Waals surface area contributed by atoms with Gasteiger partial charge in [-0.3, -0.25) is 0 Å². The van der Waals surface area contributed by atoms with Gasteiger partial charge in [-0.25, -0.2) is 0 Å². The first-order chi connectivity index (χ1) is 5.57. The third-order valence-corrected chi connectivity index (χ3v) is 1.76. The Bertz CT molecular complexity index is 167. The molecule has 0 saturated heterocycles. The van der Waals surface area contributed by atoms with Gasteiger partial charge in [0, 0.05) is 5.92 Å². The third-order valence-electron chi connectivity index (χ3n) is 1.76. The van der Waals surface area contributed by atoms with E-state index in [9.17, 15) is 5.11 Å². The molecular formula is C10H18O2. The summed E-state index contributed by atoms with van der Waals surface area (Å²) in [6.07, 6.45) is 4.81. The molecule has 2 heteroatoms. The van der Waals surface area contributed by atoms with Crippen LogP contribution in [0.25, 0.3) is 0 Å². The van der Waals surface area contributed by atoms with Crippen molar-refractivity contribution >= 4 is 0 Å². The molecule has 0 aromatic heterocycles. The van der Waals surface area contributed by atoms with Crippen LogP contribution < -0.4 is 0 Å². The lowest BCUT2D eigenvalue weighted by Gasteiger charge is -2.12. The maximum Gasteiger partial charge on any atom is 0.0755 e. The number of aliphatic hydroxyl groups is 2. The van der Waals surface area contributed by atoms with Gasteiger partial charge in [-0.2, -0.15) is 0 Å². The summed E-state index contributed by atoms with van der Waals surface area (Å²) < 4.78 is 0. The van der Waals surface area contributed by atoms with Crippen LogP contribution in [0.3, 0.4) is 0 Å². The molecule has 0 aliphatic carbocycles. The second-order valence-corrected chi connectivity index (χ2v) is 3.29. The molecule has 0 spiro atoms. The largest absolute Gasteiger partial charge is 0.516 e. The second kappa shape index (κ2) is 5.84. The van der Waals surface area contributed by atoms with Crippen molar-refractivity contribution in [3.63, 3.8) is 0 Å². The Morgan fingerprint density at radius 1 is 1.42 bits per heavy atom. The zero-order chi connectivity index (χ0) is 9.56. The van der Waals surface area contributed by atoms with E-state index < -0.39 is 6.10 Å². The molecule has 0 amide bonds. The Hall–Kier alpha value is -0.760. The highest BCUT2D eigenvalue weighted by molar-refractivity contribution is 4.96. The van der Waals surface area contributed by atoms with Gasteiger partial charge in [0.2, 0.25) is 0 Å². The standard InChI is InChI=1S/C10H18O2/c1-8(2)4-5-10(12)9(3)6-7-11/h4,6-7,9-12H,5H2,1-3H3. The molecule has 70 valence electrons. The Morgan fingerprint density at radius 2 is 2.00 bits per heavy atom. The molecule has 2 N–H and O–H groups in total. The summed E-state index contributed by atoms with van der Waals surface area (Å²) in [5.74, 6) is 0.00519. The van der Waals surface area contributed by atoms with Crippen LogP contribution in [0.2, 0.25) is 0 Å². The van der Waals surface area contributed by atoms with Crippen molar-refractivity contribution < 1.29 is 10.2 Å². The first kappa shape index (κ1) is 11.2. The van der Waals surface area contributed by atoms with Crippen molar-refractivity contribution in [2.75, 3.05) is 0 Å². The van der Waals surface area contributed by atoms with Crippen LogP contribution in [0, 0.1) is 5.92 Å². The fourth-order valence-electron chi connectivity index (χ4n) is 0.835. The summed E-state index contributed by atoms with van der Waals surface area (Å²) in [7, 11) is 0. The van der Waals surface area contributed by atoms with Crippen LogP contribution in [-0.4, -0.2) is 16.3 Å². The van der Waals surface area contributed by atoms with Crippen molar-refractivity contribution in [3.05, 3.63) is 24.0 Å². The van der Waals surface area contributed by atoms with E-state index in [2.05, 4.69) is 0 Å². The number of rotatable bonds is 4. The summed E-state index contributed by atoms with van der Waals surface area (Å²) in [5.41, 5.74) is 1.20. The van der Waals surface area contributed by atoms with Gasteiger partial charge in [0.1, 0.15) is 0 Å². The van der Waals surface area contributed by atoms with Crippen molar-refractivity contribution in [1.82, 2.24) is 0 Å². The maximum absolute atomic E-state index is 9.49. The molecule has 0 aliphatic heterocycles. The van der Waals surface area contributed by atoms with Crippen LogP contribution in [0.5, 0.6) is 0 Å². The fraction of sp³-hybridized carbons (Fsp3) is 0.600. The summed E-state index contributed by atoms with van der Waals surface area (Å²) >= 11 is 0. The zero-order valence-electron chi connectivity index (χ0n) is 7.99. The van der Waals surface area contributed by atoms with E-state index in [1.165, 1.54) is 5.57 Å². The van der Waals surface area contributed by atoms with E-state index in [-0.39, 0.29) is 5.92 Å². The second-order valence-electron chi connectivity index (χ2n) is 3.29. The van der Waals surface area contributed by atoms with Gasteiger partial charge in [0.15, 0.2) is 0 Å². The van der Waals surface area contributed by atoms with Gasteiger partial charge in [-0.15, -0.1) is 0 Å². The molecule has 0 saturated carbocycles. The quantitative estimate of drug-likeness (QED) is 0.502. The highest BCUT2D eigenvalue weighted by atomic mass is 16.3. The van der Waals surface area contributed by atoms with Gasteiger partial charge in [0.25, 0.3) is 0 Å². The van der Waals surface area contributed by atoms with Gasteiger partial charge >= 0.3 is 0 Å².